The van der Waals surface area contributed by atoms with E-state index in [1.165, 1.54) is 0 Å². The van der Waals surface area contributed by atoms with Crippen LogP contribution in [0, 0.1) is 0 Å². The van der Waals surface area contributed by atoms with E-state index in [0.717, 1.165) is 0 Å². The van der Waals surface area contributed by atoms with Crippen molar-refractivity contribution >= 4 is 11.8 Å². The van der Waals surface area contributed by atoms with Crippen LogP contribution >= 0.6 is 0 Å². The Morgan fingerprint density at radius 1 is 1.12 bits per heavy atom. The summed E-state index contributed by atoms with van der Waals surface area (Å²) in [7, 11) is 0. The lowest BCUT2D eigenvalue weighted by atomic mass is 10.2. The third kappa shape index (κ3) is 4.51. The number of hydrogen-bond acceptors (Lipinski definition) is 2. The van der Waals surface area contributed by atoms with E-state index in [1.807, 2.05) is 6.07 Å². The maximum atomic E-state index is 11.6. The first-order chi connectivity index (χ1) is 8.11. The fourth-order valence-electron chi connectivity index (χ4n) is 1.19. The predicted molar refractivity (Wildman–Crippen MR) is 66.6 cm³/mol. The topological polar surface area (TPSA) is 58.2 Å². The molecule has 2 amide bonds. The Hall–Kier alpha value is -2.10. The molecule has 0 spiro atoms. The first-order valence-electron chi connectivity index (χ1n) is 5.38. The summed E-state index contributed by atoms with van der Waals surface area (Å²) < 4.78 is 0. The van der Waals surface area contributed by atoms with Gasteiger partial charge in [-0.15, -0.1) is 0 Å². The Labute approximate surface area is 101 Å². The highest BCUT2D eigenvalue weighted by molar-refractivity contribution is 5.94. The molecule has 0 aliphatic rings. The van der Waals surface area contributed by atoms with Gasteiger partial charge < -0.3 is 10.6 Å². The largest absolute Gasteiger partial charge is 0.351 e. The molecule has 0 atom stereocenters. The van der Waals surface area contributed by atoms with Crippen molar-refractivity contribution in [2.24, 2.45) is 0 Å². The molecular formula is C13H16N2O2. The van der Waals surface area contributed by atoms with Gasteiger partial charge in [-0.2, -0.15) is 0 Å². The van der Waals surface area contributed by atoms with Crippen LogP contribution in [0.5, 0.6) is 0 Å². The minimum atomic E-state index is -0.195. The highest BCUT2D eigenvalue weighted by Crippen LogP contribution is 1.96. The number of benzene rings is 1. The molecule has 0 fully saturated rings. The van der Waals surface area contributed by atoms with Gasteiger partial charge in [0.1, 0.15) is 0 Å². The average Bonchev–Trinajstić information content (AvgIpc) is 2.35. The summed E-state index contributed by atoms with van der Waals surface area (Å²) in [5, 5.41) is 5.35. The number of carbonyl (C=O) groups excluding carboxylic acids is 2. The third-order valence-electron chi connectivity index (χ3n) is 2.12. The Bertz CT molecular complexity index is 413. The smallest absolute Gasteiger partial charge is 0.251 e. The van der Waals surface area contributed by atoms with Gasteiger partial charge in [-0.3, -0.25) is 9.59 Å². The molecule has 1 aromatic rings. The third-order valence-corrected chi connectivity index (χ3v) is 2.12. The summed E-state index contributed by atoms with van der Waals surface area (Å²) in [6, 6.07) is 8.93. The van der Waals surface area contributed by atoms with E-state index in [9.17, 15) is 9.59 Å². The van der Waals surface area contributed by atoms with E-state index >= 15 is 0 Å². The molecule has 4 nitrogen and oxygen atoms in total. The molecular weight excluding hydrogens is 216 g/mol. The molecule has 90 valence electrons. The fourth-order valence-corrected chi connectivity index (χ4v) is 1.19. The van der Waals surface area contributed by atoms with E-state index in [4.69, 9.17) is 0 Å². The van der Waals surface area contributed by atoms with Crippen molar-refractivity contribution in [3.63, 3.8) is 0 Å². The molecule has 0 unspecified atom stereocenters. The Kier molecular flexibility index (Phi) is 4.94. The second-order valence-electron chi connectivity index (χ2n) is 3.66. The summed E-state index contributed by atoms with van der Waals surface area (Å²) in [4.78, 5) is 22.7. The standard InChI is InChI=1S/C13H16N2O2/c1-10(2)12(16)14-8-9-15-13(17)11-6-4-3-5-7-11/h3-7H,1,8-9H2,2H3,(H,14,16)(H,15,17). The zero-order chi connectivity index (χ0) is 12.7. The van der Waals surface area contributed by atoms with Gasteiger partial charge in [0.15, 0.2) is 0 Å². The number of carbonyl (C=O) groups is 2. The Morgan fingerprint density at radius 3 is 2.29 bits per heavy atom. The van der Waals surface area contributed by atoms with Crippen LogP contribution in [0.3, 0.4) is 0 Å². The van der Waals surface area contributed by atoms with Crippen LogP contribution in [-0.2, 0) is 4.79 Å². The highest BCUT2D eigenvalue weighted by Gasteiger charge is 2.04. The molecule has 0 aliphatic heterocycles. The average molecular weight is 232 g/mol. The van der Waals surface area contributed by atoms with Gasteiger partial charge in [0, 0.05) is 24.2 Å². The predicted octanol–water partition coefficient (Wildman–Crippen LogP) is 1.11. The molecule has 0 saturated carbocycles. The molecule has 0 aliphatic carbocycles. The van der Waals surface area contributed by atoms with Gasteiger partial charge in [0.2, 0.25) is 5.91 Å². The van der Waals surface area contributed by atoms with Gasteiger partial charge in [-0.25, -0.2) is 0 Å². The SMILES string of the molecule is C=C(C)C(=O)NCCNC(=O)c1ccccc1. The molecule has 0 bridgehead atoms. The van der Waals surface area contributed by atoms with Crippen molar-refractivity contribution in [1.82, 2.24) is 10.6 Å². The van der Waals surface area contributed by atoms with Gasteiger partial charge in [-0.05, 0) is 19.1 Å². The van der Waals surface area contributed by atoms with Gasteiger partial charge in [0.05, 0.1) is 0 Å². The van der Waals surface area contributed by atoms with Crippen molar-refractivity contribution in [1.29, 1.82) is 0 Å². The summed E-state index contributed by atoms with van der Waals surface area (Å²) in [6.07, 6.45) is 0. The molecule has 0 radical (unpaired) electrons. The molecule has 2 N–H and O–H groups in total. The van der Waals surface area contributed by atoms with Crippen molar-refractivity contribution in [2.75, 3.05) is 13.1 Å². The van der Waals surface area contributed by atoms with Gasteiger partial charge in [-0.1, -0.05) is 24.8 Å². The molecule has 0 aromatic heterocycles. The Balaban J connectivity index is 2.26. The summed E-state index contributed by atoms with van der Waals surface area (Å²) >= 11 is 0. The minimum absolute atomic E-state index is 0.143. The first kappa shape index (κ1) is 13.0. The number of nitrogens with one attached hydrogen (secondary N) is 2. The maximum absolute atomic E-state index is 11.6. The zero-order valence-corrected chi connectivity index (χ0v) is 9.82. The Morgan fingerprint density at radius 2 is 1.71 bits per heavy atom. The van der Waals surface area contributed by atoms with Crippen LogP contribution in [0.1, 0.15) is 17.3 Å². The van der Waals surface area contributed by atoms with Gasteiger partial charge >= 0.3 is 0 Å². The van der Waals surface area contributed by atoms with E-state index in [-0.39, 0.29) is 11.8 Å². The molecule has 0 saturated heterocycles. The molecule has 17 heavy (non-hydrogen) atoms. The molecule has 4 heteroatoms. The molecule has 1 rings (SSSR count). The number of amides is 2. The van der Waals surface area contributed by atoms with E-state index in [1.54, 1.807) is 31.2 Å². The second kappa shape index (κ2) is 6.48. The zero-order valence-electron chi connectivity index (χ0n) is 9.82. The van der Waals surface area contributed by atoms with Crippen LogP contribution in [0.15, 0.2) is 42.5 Å². The van der Waals surface area contributed by atoms with Crippen molar-refractivity contribution < 1.29 is 9.59 Å². The normalized spacial score (nSPS) is 9.47. The van der Waals surface area contributed by atoms with Crippen LogP contribution < -0.4 is 10.6 Å². The summed E-state index contributed by atoms with van der Waals surface area (Å²) in [5.41, 5.74) is 1.07. The minimum Gasteiger partial charge on any atom is -0.351 e. The summed E-state index contributed by atoms with van der Waals surface area (Å²) in [6.45, 7) is 5.94. The van der Waals surface area contributed by atoms with Crippen molar-refractivity contribution in [2.45, 2.75) is 6.92 Å². The van der Waals surface area contributed by atoms with Crippen molar-refractivity contribution in [3.8, 4) is 0 Å². The molecule has 0 heterocycles. The highest BCUT2D eigenvalue weighted by atomic mass is 16.2. The monoisotopic (exact) mass is 232 g/mol. The quantitative estimate of drug-likeness (QED) is 0.590. The lowest BCUT2D eigenvalue weighted by Gasteiger charge is -2.06. The van der Waals surface area contributed by atoms with Crippen molar-refractivity contribution in [3.05, 3.63) is 48.0 Å². The van der Waals surface area contributed by atoms with E-state index < -0.39 is 0 Å². The van der Waals surface area contributed by atoms with Crippen LogP contribution in [-0.4, -0.2) is 24.9 Å². The lowest BCUT2D eigenvalue weighted by Crippen LogP contribution is -2.34. The lowest BCUT2D eigenvalue weighted by molar-refractivity contribution is -0.117. The second-order valence-corrected chi connectivity index (χ2v) is 3.66. The van der Waals surface area contributed by atoms with Crippen LogP contribution in [0.25, 0.3) is 0 Å². The summed E-state index contributed by atoms with van der Waals surface area (Å²) in [5.74, 6) is -0.339. The van der Waals surface area contributed by atoms with E-state index in [0.29, 0.717) is 24.2 Å². The molecule has 1 aromatic carbocycles. The van der Waals surface area contributed by atoms with E-state index in [2.05, 4.69) is 17.2 Å². The number of hydrogen-bond donors (Lipinski definition) is 2. The maximum Gasteiger partial charge on any atom is 0.251 e. The number of rotatable bonds is 5. The first-order valence-corrected chi connectivity index (χ1v) is 5.38. The van der Waals surface area contributed by atoms with Crippen LogP contribution in [0.2, 0.25) is 0 Å². The fraction of sp³-hybridized carbons (Fsp3) is 0.231. The van der Waals surface area contributed by atoms with Crippen LogP contribution in [0.4, 0.5) is 0 Å². The van der Waals surface area contributed by atoms with Gasteiger partial charge in [0.25, 0.3) is 5.91 Å².